The van der Waals surface area contributed by atoms with Crippen molar-refractivity contribution < 1.29 is 0 Å². The molecule has 0 radical (unpaired) electrons. The summed E-state index contributed by atoms with van der Waals surface area (Å²) in [6, 6.07) is 0. The molecule has 0 saturated heterocycles. The van der Waals surface area contributed by atoms with Gasteiger partial charge in [-0.25, -0.2) is 0 Å². The van der Waals surface area contributed by atoms with Crippen molar-refractivity contribution >= 4 is 21.6 Å². The van der Waals surface area contributed by atoms with Crippen molar-refractivity contribution in [1.82, 2.24) is 0 Å². The first-order valence-corrected chi connectivity index (χ1v) is 11.3. The van der Waals surface area contributed by atoms with Gasteiger partial charge in [-0.1, -0.05) is 112 Å². The molecule has 0 aromatic carbocycles. The van der Waals surface area contributed by atoms with Gasteiger partial charge < -0.3 is 0 Å². The molecular weight excluding hydrogens is 268 g/mol. The van der Waals surface area contributed by atoms with E-state index >= 15 is 0 Å². The molecule has 0 spiro atoms. The fourth-order valence-electron chi connectivity index (χ4n) is 2.44. The first-order valence-electron chi connectivity index (χ1n) is 8.57. The third-order valence-corrected chi connectivity index (χ3v) is 5.60. The fraction of sp³-hybridized carbons (Fsp3) is 1.00. The van der Waals surface area contributed by atoms with Gasteiger partial charge in [-0.15, -0.1) is 0 Å². The Kier molecular flexibility index (Phi) is 19.4. The molecule has 0 aromatic rings. The number of rotatable bonds is 16. The van der Waals surface area contributed by atoms with Crippen LogP contribution in [0.3, 0.4) is 0 Å². The molecule has 116 valence electrons. The number of hydrogen-bond donors (Lipinski definition) is 0. The lowest BCUT2D eigenvalue weighted by molar-refractivity contribution is 0.538. The summed E-state index contributed by atoms with van der Waals surface area (Å²) in [4.78, 5) is 0. The largest absolute Gasteiger partial charge is 0.0976 e. The molecule has 0 aliphatic carbocycles. The summed E-state index contributed by atoms with van der Waals surface area (Å²) < 4.78 is 0. The highest BCUT2D eigenvalue weighted by molar-refractivity contribution is 8.76. The van der Waals surface area contributed by atoms with Crippen molar-refractivity contribution in [2.45, 2.75) is 96.8 Å². The van der Waals surface area contributed by atoms with E-state index in [2.05, 4.69) is 13.2 Å². The Labute approximate surface area is 130 Å². The van der Waals surface area contributed by atoms with Crippen molar-refractivity contribution in [2.75, 3.05) is 12.0 Å². The van der Waals surface area contributed by atoms with Gasteiger partial charge in [-0.3, -0.25) is 0 Å². The monoisotopic (exact) mass is 304 g/mol. The summed E-state index contributed by atoms with van der Waals surface area (Å²) in [6.07, 6.45) is 22.6. The van der Waals surface area contributed by atoms with Crippen LogP contribution in [0.2, 0.25) is 0 Å². The third-order valence-electron chi connectivity index (χ3n) is 3.70. The number of unbranched alkanes of at least 4 members (excludes halogenated alkanes) is 13. The molecule has 2 heteroatoms. The van der Waals surface area contributed by atoms with Crippen LogP contribution in [-0.4, -0.2) is 12.0 Å². The standard InChI is InChI=1S/C17H36S2/c1-3-4-5-6-7-8-9-10-11-12-13-14-15-16-17-19-18-2/h3-17H2,1-2H3. The van der Waals surface area contributed by atoms with Crippen LogP contribution >= 0.6 is 21.6 Å². The molecule has 0 aliphatic rings. The zero-order valence-electron chi connectivity index (χ0n) is 13.4. The van der Waals surface area contributed by atoms with Crippen LogP contribution < -0.4 is 0 Å². The van der Waals surface area contributed by atoms with E-state index in [9.17, 15) is 0 Å². The van der Waals surface area contributed by atoms with Gasteiger partial charge in [-0.05, 0) is 12.7 Å². The van der Waals surface area contributed by atoms with Crippen LogP contribution in [0.5, 0.6) is 0 Å². The van der Waals surface area contributed by atoms with Crippen molar-refractivity contribution in [2.24, 2.45) is 0 Å². The van der Waals surface area contributed by atoms with E-state index in [0.29, 0.717) is 0 Å². The van der Waals surface area contributed by atoms with Crippen LogP contribution in [-0.2, 0) is 0 Å². The zero-order chi connectivity index (χ0) is 14.0. The lowest BCUT2D eigenvalue weighted by Crippen LogP contribution is -1.83. The first kappa shape index (κ1) is 19.7. The lowest BCUT2D eigenvalue weighted by atomic mass is 10.0. The summed E-state index contributed by atoms with van der Waals surface area (Å²) in [7, 11) is 3.91. The van der Waals surface area contributed by atoms with Crippen LogP contribution in [0.25, 0.3) is 0 Å². The average molecular weight is 305 g/mol. The SMILES string of the molecule is CCCCCCCCCCCCCCCCSSC. The maximum Gasteiger partial charge on any atom is 0.00368 e. The summed E-state index contributed by atoms with van der Waals surface area (Å²) in [5.74, 6) is 1.35. The van der Waals surface area contributed by atoms with Gasteiger partial charge in [0.15, 0.2) is 0 Å². The van der Waals surface area contributed by atoms with E-state index in [1.54, 1.807) is 0 Å². The van der Waals surface area contributed by atoms with E-state index in [4.69, 9.17) is 0 Å². The maximum atomic E-state index is 2.29. The van der Waals surface area contributed by atoms with Gasteiger partial charge >= 0.3 is 0 Å². The van der Waals surface area contributed by atoms with Crippen molar-refractivity contribution in [3.8, 4) is 0 Å². The molecule has 0 nitrogen and oxygen atoms in total. The van der Waals surface area contributed by atoms with E-state index in [0.717, 1.165) is 0 Å². The molecule has 19 heavy (non-hydrogen) atoms. The third kappa shape index (κ3) is 18.7. The minimum atomic E-state index is 1.35. The second-order valence-corrected chi connectivity index (χ2v) is 8.27. The van der Waals surface area contributed by atoms with Crippen LogP contribution in [0.15, 0.2) is 0 Å². The van der Waals surface area contributed by atoms with Crippen LogP contribution in [0.4, 0.5) is 0 Å². The highest BCUT2D eigenvalue weighted by atomic mass is 33.1. The lowest BCUT2D eigenvalue weighted by Gasteiger charge is -2.03. The van der Waals surface area contributed by atoms with Gasteiger partial charge in [0.05, 0.1) is 0 Å². The van der Waals surface area contributed by atoms with Gasteiger partial charge in [0.25, 0.3) is 0 Å². The summed E-state index contributed by atoms with van der Waals surface area (Å²) in [5, 5.41) is 0. The quantitative estimate of drug-likeness (QED) is 0.214. The highest BCUT2D eigenvalue weighted by Crippen LogP contribution is 2.19. The fourth-order valence-corrected chi connectivity index (χ4v) is 3.78. The Morgan fingerprint density at radius 2 is 0.895 bits per heavy atom. The van der Waals surface area contributed by atoms with Crippen molar-refractivity contribution in [3.63, 3.8) is 0 Å². The van der Waals surface area contributed by atoms with Crippen LogP contribution in [0.1, 0.15) is 96.8 Å². The zero-order valence-corrected chi connectivity index (χ0v) is 15.1. The van der Waals surface area contributed by atoms with Crippen molar-refractivity contribution in [3.05, 3.63) is 0 Å². The number of hydrogen-bond acceptors (Lipinski definition) is 2. The van der Waals surface area contributed by atoms with E-state index in [-0.39, 0.29) is 0 Å². The molecular formula is C17H36S2. The predicted octanol–water partition coefficient (Wildman–Crippen LogP) is 7.48. The van der Waals surface area contributed by atoms with E-state index < -0.39 is 0 Å². The Bertz CT molecular complexity index is 132. The Morgan fingerprint density at radius 1 is 0.526 bits per heavy atom. The molecule has 0 rings (SSSR count). The molecule has 0 N–H and O–H groups in total. The van der Waals surface area contributed by atoms with E-state index in [1.807, 2.05) is 21.6 Å². The molecule has 0 aliphatic heterocycles. The van der Waals surface area contributed by atoms with E-state index in [1.165, 1.54) is 95.6 Å². The minimum Gasteiger partial charge on any atom is -0.0976 e. The second kappa shape index (κ2) is 18.7. The van der Waals surface area contributed by atoms with Crippen molar-refractivity contribution in [1.29, 1.82) is 0 Å². The minimum absolute atomic E-state index is 1.35. The smallest absolute Gasteiger partial charge is 0.00368 e. The normalized spacial score (nSPS) is 11.1. The summed E-state index contributed by atoms with van der Waals surface area (Å²) in [6.45, 7) is 2.29. The molecule has 0 unspecified atom stereocenters. The molecule has 0 heterocycles. The molecule has 0 bridgehead atoms. The molecule has 0 fully saturated rings. The summed E-state index contributed by atoms with van der Waals surface area (Å²) >= 11 is 0. The topological polar surface area (TPSA) is 0 Å². The van der Waals surface area contributed by atoms with Gasteiger partial charge in [0, 0.05) is 5.75 Å². The molecule has 0 aromatic heterocycles. The Hall–Kier alpha value is 0.700. The Balaban J connectivity index is 2.88. The van der Waals surface area contributed by atoms with Crippen LogP contribution in [0, 0.1) is 0 Å². The van der Waals surface area contributed by atoms with Gasteiger partial charge in [0.2, 0.25) is 0 Å². The molecule has 0 saturated carbocycles. The summed E-state index contributed by atoms with van der Waals surface area (Å²) in [5.41, 5.74) is 0. The first-order chi connectivity index (χ1) is 9.41. The molecule has 0 amide bonds. The Morgan fingerprint density at radius 3 is 1.26 bits per heavy atom. The van der Waals surface area contributed by atoms with Gasteiger partial charge in [-0.2, -0.15) is 0 Å². The predicted molar refractivity (Wildman–Crippen MR) is 96.3 cm³/mol. The second-order valence-electron chi connectivity index (χ2n) is 5.58. The maximum absolute atomic E-state index is 2.29. The average Bonchev–Trinajstić information content (AvgIpc) is 2.43. The highest BCUT2D eigenvalue weighted by Gasteiger charge is 1.94. The molecule has 0 atom stereocenters. The van der Waals surface area contributed by atoms with Gasteiger partial charge in [0.1, 0.15) is 0 Å².